The van der Waals surface area contributed by atoms with E-state index in [4.69, 9.17) is 0 Å². The zero-order chi connectivity index (χ0) is 19.2. The molecule has 0 bridgehead atoms. The Balaban J connectivity index is 1.22. The van der Waals surface area contributed by atoms with Gasteiger partial charge in [-0.05, 0) is 75.0 Å². The second-order valence-electron chi connectivity index (χ2n) is 9.82. The van der Waals surface area contributed by atoms with Gasteiger partial charge in [-0.25, -0.2) is 0 Å². The Bertz CT molecular complexity index is 762. The molecule has 2 saturated carbocycles. The minimum Gasteiger partial charge on any atom is -0.342 e. The molecule has 0 radical (unpaired) electrons. The van der Waals surface area contributed by atoms with E-state index < -0.39 is 0 Å². The number of hydrogen-bond donors (Lipinski definition) is 1. The largest absolute Gasteiger partial charge is 0.342 e. The smallest absolute Gasteiger partial charge is 0.257 e. The van der Waals surface area contributed by atoms with Gasteiger partial charge in [0.1, 0.15) is 0 Å². The number of nitrogens with one attached hydrogen (secondary N) is 1. The average molecular weight is 385 g/mol. The summed E-state index contributed by atoms with van der Waals surface area (Å²) in [6.45, 7) is 3.38. The molecule has 1 aromatic heterocycles. The molecule has 0 unspecified atom stereocenters. The third-order valence-electron chi connectivity index (χ3n) is 7.93. The first kappa shape index (κ1) is 18.2. The molecule has 6 heteroatoms. The van der Waals surface area contributed by atoms with Crippen molar-refractivity contribution in [3.63, 3.8) is 0 Å². The van der Waals surface area contributed by atoms with Crippen molar-refractivity contribution in [1.29, 1.82) is 0 Å². The van der Waals surface area contributed by atoms with Crippen molar-refractivity contribution in [2.24, 2.45) is 10.8 Å². The third kappa shape index (κ3) is 3.58. The Labute approximate surface area is 167 Å². The highest BCUT2D eigenvalue weighted by atomic mass is 16.2. The molecule has 4 fully saturated rings. The fourth-order valence-electron chi connectivity index (χ4n) is 5.38. The van der Waals surface area contributed by atoms with Crippen LogP contribution in [0.2, 0.25) is 0 Å². The van der Waals surface area contributed by atoms with Gasteiger partial charge in [0.2, 0.25) is 5.91 Å². The molecule has 2 aliphatic carbocycles. The maximum absolute atomic E-state index is 13.1. The molecular weight excluding hydrogens is 352 g/mol. The Kier molecular flexibility index (Phi) is 4.48. The summed E-state index contributed by atoms with van der Waals surface area (Å²) in [7, 11) is 0. The highest BCUT2D eigenvalue weighted by Crippen LogP contribution is 2.54. The molecule has 4 aliphatic rings. The topological polar surface area (TPSA) is 69.3 Å². The average Bonchev–Trinajstić information content (AvgIpc) is 3.61. The molecule has 2 amide bonds. The van der Waals surface area contributed by atoms with Crippen LogP contribution in [0, 0.1) is 10.8 Å². The van der Waals surface area contributed by atoms with Gasteiger partial charge in [-0.1, -0.05) is 0 Å². The predicted octanol–water partition coefficient (Wildman–Crippen LogP) is 3.15. The van der Waals surface area contributed by atoms with Gasteiger partial charge in [0.15, 0.2) is 0 Å². The first-order valence-electron chi connectivity index (χ1n) is 11.2. The maximum atomic E-state index is 13.1. The van der Waals surface area contributed by atoms with Crippen molar-refractivity contribution < 1.29 is 9.59 Å². The molecule has 0 atom stereocenters. The lowest BCUT2D eigenvalue weighted by Crippen LogP contribution is -2.35. The van der Waals surface area contributed by atoms with E-state index >= 15 is 0 Å². The van der Waals surface area contributed by atoms with Crippen molar-refractivity contribution in [2.45, 2.75) is 70.6 Å². The molecule has 5 rings (SSSR count). The fraction of sp³-hybridized carbons (Fsp3) is 0.773. The molecule has 1 N–H and O–H groups in total. The van der Waals surface area contributed by atoms with E-state index in [-0.39, 0.29) is 18.2 Å². The summed E-state index contributed by atoms with van der Waals surface area (Å²) in [5.74, 6) is 0.172. The van der Waals surface area contributed by atoms with Crippen LogP contribution in [0.5, 0.6) is 0 Å². The number of aromatic amines is 1. The van der Waals surface area contributed by atoms with Crippen LogP contribution in [0.15, 0.2) is 6.20 Å². The molecular formula is C22H32N4O2. The minimum atomic E-state index is 0.0436. The summed E-state index contributed by atoms with van der Waals surface area (Å²) in [5, 5.41) is 7.05. The number of likely N-dealkylation sites (tertiary alicyclic amines) is 2. The van der Waals surface area contributed by atoms with Crippen LogP contribution in [0.3, 0.4) is 0 Å². The normalized spacial score (nSPS) is 25.4. The van der Waals surface area contributed by atoms with Crippen LogP contribution in [0.25, 0.3) is 0 Å². The maximum Gasteiger partial charge on any atom is 0.257 e. The highest BCUT2D eigenvalue weighted by molar-refractivity contribution is 5.96. The third-order valence-corrected chi connectivity index (χ3v) is 7.93. The molecule has 28 heavy (non-hydrogen) atoms. The number of H-pyrrole nitrogens is 1. The van der Waals surface area contributed by atoms with E-state index in [0.717, 1.165) is 51.9 Å². The molecule has 0 aromatic carbocycles. The zero-order valence-electron chi connectivity index (χ0n) is 16.8. The van der Waals surface area contributed by atoms with Crippen molar-refractivity contribution >= 4 is 11.8 Å². The monoisotopic (exact) mass is 384 g/mol. The second kappa shape index (κ2) is 6.89. The second-order valence-corrected chi connectivity index (χ2v) is 9.82. The van der Waals surface area contributed by atoms with Gasteiger partial charge < -0.3 is 9.80 Å². The first-order chi connectivity index (χ1) is 13.6. The quantitative estimate of drug-likeness (QED) is 0.870. The number of carbonyl (C=O) groups excluding carboxylic acids is 2. The SMILES string of the molecule is O=C(Cc1[nH]ncc1C(=O)N1CCCC2(CC1)CC2)N1CCCC2(CC1)CC2. The van der Waals surface area contributed by atoms with Gasteiger partial charge in [0.25, 0.3) is 5.91 Å². The number of carbonyl (C=O) groups is 2. The molecule has 152 valence electrons. The minimum absolute atomic E-state index is 0.0436. The molecule has 6 nitrogen and oxygen atoms in total. The summed E-state index contributed by atoms with van der Waals surface area (Å²) < 4.78 is 0. The lowest BCUT2D eigenvalue weighted by molar-refractivity contribution is -0.130. The van der Waals surface area contributed by atoms with Crippen LogP contribution in [-0.2, 0) is 11.2 Å². The van der Waals surface area contributed by atoms with E-state index in [0.29, 0.717) is 22.1 Å². The van der Waals surface area contributed by atoms with Gasteiger partial charge in [-0.2, -0.15) is 5.10 Å². The lowest BCUT2D eigenvalue weighted by atomic mass is 9.98. The van der Waals surface area contributed by atoms with Gasteiger partial charge in [-0.3, -0.25) is 14.7 Å². The van der Waals surface area contributed by atoms with E-state index in [1.807, 2.05) is 9.80 Å². The van der Waals surface area contributed by atoms with Crippen LogP contribution >= 0.6 is 0 Å². The molecule has 2 spiro atoms. The van der Waals surface area contributed by atoms with E-state index in [2.05, 4.69) is 10.2 Å². The van der Waals surface area contributed by atoms with E-state index in [1.54, 1.807) is 6.20 Å². The zero-order valence-corrected chi connectivity index (χ0v) is 16.8. The lowest BCUT2D eigenvalue weighted by Gasteiger charge is -2.22. The number of amides is 2. The van der Waals surface area contributed by atoms with Crippen molar-refractivity contribution in [2.75, 3.05) is 26.2 Å². The predicted molar refractivity (Wildman–Crippen MR) is 106 cm³/mol. The molecule has 1 aromatic rings. The highest BCUT2D eigenvalue weighted by Gasteiger charge is 2.44. The van der Waals surface area contributed by atoms with Gasteiger partial charge in [-0.15, -0.1) is 0 Å². The van der Waals surface area contributed by atoms with Crippen LogP contribution in [0.4, 0.5) is 0 Å². The summed E-state index contributed by atoms with van der Waals surface area (Å²) in [4.78, 5) is 30.0. The van der Waals surface area contributed by atoms with Crippen molar-refractivity contribution in [1.82, 2.24) is 20.0 Å². The Morgan fingerprint density at radius 1 is 0.857 bits per heavy atom. The first-order valence-corrected chi connectivity index (χ1v) is 11.2. The summed E-state index contributed by atoms with van der Waals surface area (Å²) in [5.41, 5.74) is 2.37. The van der Waals surface area contributed by atoms with Crippen LogP contribution in [0.1, 0.15) is 80.3 Å². The Morgan fingerprint density at radius 2 is 1.46 bits per heavy atom. The summed E-state index contributed by atoms with van der Waals surface area (Å²) in [6, 6.07) is 0. The van der Waals surface area contributed by atoms with Crippen LogP contribution in [-0.4, -0.2) is 58.0 Å². The van der Waals surface area contributed by atoms with Gasteiger partial charge in [0.05, 0.1) is 23.9 Å². The van der Waals surface area contributed by atoms with Crippen LogP contribution < -0.4 is 0 Å². The molecule has 3 heterocycles. The molecule has 2 saturated heterocycles. The van der Waals surface area contributed by atoms with E-state index in [1.165, 1.54) is 38.5 Å². The number of hydrogen-bond acceptors (Lipinski definition) is 3. The Hall–Kier alpha value is -1.85. The van der Waals surface area contributed by atoms with Crippen molar-refractivity contribution in [3.8, 4) is 0 Å². The number of rotatable bonds is 3. The number of nitrogens with zero attached hydrogens (tertiary/aromatic N) is 3. The van der Waals surface area contributed by atoms with E-state index in [9.17, 15) is 9.59 Å². The van der Waals surface area contributed by atoms with Gasteiger partial charge in [0, 0.05) is 26.2 Å². The summed E-state index contributed by atoms with van der Waals surface area (Å²) in [6.07, 6.45) is 14.2. The van der Waals surface area contributed by atoms with Crippen molar-refractivity contribution in [3.05, 3.63) is 17.5 Å². The molecule has 2 aliphatic heterocycles. The summed E-state index contributed by atoms with van der Waals surface area (Å²) >= 11 is 0. The fourth-order valence-corrected chi connectivity index (χ4v) is 5.38. The standard InChI is InChI=1S/C22H32N4O2/c27-19(25-11-1-3-21(5-6-21)9-13-25)15-18-17(16-23-24-18)20(28)26-12-2-4-22(7-8-22)10-14-26/h16H,1-15H2,(H,23,24). The van der Waals surface area contributed by atoms with Gasteiger partial charge >= 0.3 is 0 Å². The number of aromatic nitrogens is 2. The Morgan fingerprint density at radius 3 is 2.11 bits per heavy atom.